The largest absolute Gasteiger partial charge is 0.292 e. The fraction of sp³-hybridized carbons (Fsp3) is 0.333. The lowest BCUT2D eigenvalue weighted by molar-refractivity contribution is 0.0970. The standard InChI is InChI=1S/C12H13BrN2OS/c1-15-12(10(13)8-14-15)11(16)6-2-4-9-5-3-7-17-9/h3,5,7-8H,2,4,6H2,1H3. The summed E-state index contributed by atoms with van der Waals surface area (Å²) in [6.45, 7) is 0. The lowest BCUT2D eigenvalue weighted by Gasteiger charge is -2.02. The summed E-state index contributed by atoms with van der Waals surface area (Å²) in [5, 5.41) is 6.11. The summed E-state index contributed by atoms with van der Waals surface area (Å²) in [5.41, 5.74) is 0.663. The SMILES string of the molecule is Cn1ncc(Br)c1C(=O)CCCc1cccs1. The van der Waals surface area contributed by atoms with E-state index in [-0.39, 0.29) is 5.78 Å². The van der Waals surface area contributed by atoms with Crippen LogP contribution in [-0.4, -0.2) is 15.6 Å². The maximum atomic E-state index is 12.0. The molecule has 2 heterocycles. The van der Waals surface area contributed by atoms with Crippen LogP contribution in [0.2, 0.25) is 0 Å². The van der Waals surface area contributed by atoms with Gasteiger partial charge in [-0.3, -0.25) is 9.48 Å². The summed E-state index contributed by atoms with van der Waals surface area (Å²) < 4.78 is 2.40. The molecule has 0 N–H and O–H groups in total. The summed E-state index contributed by atoms with van der Waals surface area (Å²) in [4.78, 5) is 13.3. The van der Waals surface area contributed by atoms with E-state index in [1.807, 2.05) is 6.07 Å². The average molecular weight is 313 g/mol. The number of carbonyl (C=O) groups excluding carboxylic acids is 1. The molecule has 5 heteroatoms. The molecule has 0 aliphatic carbocycles. The highest BCUT2D eigenvalue weighted by atomic mass is 79.9. The van der Waals surface area contributed by atoms with Crippen molar-refractivity contribution in [2.75, 3.05) is 0 Å². The molecule has 0 saturated carbocycles. The minimum atomic E-state index is 0.147. The lowest BCUT2D eigenvalue weighted by atomic mass is 10.1. The van der Waals surface area contributed by atoms with Crippen LogP contribution in [0.4, 0.5) is 0 Å². The third kappa shape index (κ3) is 3.04. The predicted molar refractivity (Wildman–Crippen MR) is 72.5 cm³/mol. The van der Waals surface area contributed by atoms with Gasteiger partial charge in [-0.25, -0.2) is 0 Å². The van der Waals surface area contributed by atoms with Crippen molar-refractivity contribution in [3.63, 3.8) is 0 Å². The fourth-order valence-corrected chi connectivity index (χ4v) is 3.04. The van der Waals surface area contributed by atoms with Crippen LogP contribution in [0.5, 0.6) is 0 Å². The topological polar surface area (TPSA) is 34.9 Å². The predicted octanol–water partition coefficient (Wildman–Crippen LogP) is 3.45. The summed E-state index contributed by atoms with van der Waals surface area (Å²) in [6, 6.07) is 4.15. The highest BCUT2D eigenvalue weighted by Crippen LogP contribution is 2.18. The van der Waals surface area contributed by atoms with Crippen LogP contribution in [0, 0.1) is 0 Å². The molecule has 2 aromatic heterocycles. The first-order chi connectivity index (χ1) is 8.18. The Morgan fingerprint density at radius 3 is 3.00 bits per heavy atom. The van der Waals surface area contributed by atoms with Gasteiger partial charge in [-0.05, 0) is 40.2 Å². The van der Waals surface area contributed by atoms with Crippen molar-refractivity contribution in [3.8, 4) is 0 Å². The molecular weight excluding hydrogens is 300 g/mol. The molecule has 90 valence electrons. The van der Waals surface area contributed by atoms with Gasteiger partial charge in [0.25, 0.3) is 0 Å². The third-order valence-electron chi connectivity index (χ3n) is 2.57. The average Bonchev–Trinajstić information content (AvgIpc) is 2.89. The second-order valence-corrected chi connectivity index (χ2v) is 5.71. The maximum Gasteiger partial charge on any atom is 0.182 e. The molecule has 17 heavy (non-hydrogen) atoms. The van der Waals surface area contributed by atoms with Gasteiger partial charge in [-0.1, -0.05) is 6.07 Å². The summed E-state index contributed by atoms with van der Waals surface area (Å²) >= 11 is 5.09. The minimum Gasteiger partial charge on any atom is -0.292 e. The van der Waals surface area contributed by atoms with Gasteiger partial charge >= 0.3 is 0 Å². The Morgan fingerprint density at radius 2 is 2.41 bits per heavy atom. The van der Waals surface area contributed by atoms with Crippen LogP contribution < -0.4 is 0 Å². The number of aryl methyl sites for hydroxylation is 2. The van der Waals surface area contributed by atoms with Crippen LogP contribution in [0.25, 0.3) is 0 Å². The van der Waals surface area contributed by atoms with Crippen LogP contribution >= 0.6 is 27.3 Å². The molecular formula is C12H13BrN2OS. The molecule has 0 atom stereocenters. The molecule has 2 aromatic rings. The van der Waals surface area contributed by atoms with E-state index in [9.17, 15) is 4.79 Å². The van der Waals surface area contributed by atoms with Gasteiger partial charge in [0.05, 0.1) is 10.7 Å². The molecule has 0 saturated heterocycles. The van der Waals surface area contributed by atoms with Crippen LogP contribution in [0.3, 0.4) is 0 Å². The Hall–Kier alpha value is -0.940. The number of nitrogens with zero attached hydrogens (tertiary/aromatic N) is 2. The van der Waals surface area contributed by atoms with Crippen molar-refractivity contribution in [1.29, 1.82) is 0 Å². The van der Waals surface area contributed by atoms with Crippen LogP contribution in [0.15, 0.2) is 28.2 Å². The normalized spacial score (nSPS) is 10.7. The molecule has 0 aliphatic rings. The van der Waals surface area contributed by atoms with Gasteiger partial charge in [0.1, 0.15) is 5.69 Å². The number of carbonyl (C=O) groups is 1. The molecule has 0 aliphatic heterocycles. The van der Waals surface area contributed by atoms with E-state index in [0.29, 0.717) is 12.1 Å². The molecule has 0 aromatic carbocycles. The highest BCUT2D eigenvalue weighted by Gasteiger charge is 2.14. The number of hydrogen-bond donors (Lipinski definition) is 0. The van der Waals surface area contributed by atoms with Crippen molar-refractivity contribution in [2.45, 2.75) is 19.3 Å². The Labute approximate surface area is 113 Å². The van der Waals surface area contributed by atoms with Crippen molar-refractivity contribution >= 4 is 33.0 Å². The second kappa shape index (κ2) is 5.60. The zero-order valence-electron chi connectivity index (χ0n) is 9.52. The molecule has 0 bridgehead atoms. The Balaban J connectivity index is 1.90. The van der Waals surface area contributed by atoms with Crippen LogP contribution in [-0.2, 0) is 13.5 Å². The smallest absolute Gasteiger partial charge is 0.182 e. The van der Waals surface area contributed by atoms with Gasteiger partial charge in [-0.2, -0.15) is 5.10 Å². The molecule has 3 nitrogen and oxygen atoms in total. The van der Waals surface area contributed by atoms with E-state index >= 15 is 0 Å². The van der Waals surface area contributed by atoms with Crippen LogP contribution in [0.1, 0.15) is 28.2 Å². The molecule has 0 fully saturated rings. The van der Waals surface area contributed by atoms with Crippen molar-refractivity contribution < 1.29 is 4.79 Å². The number of Topliss-reactive ketones (excluding diaryl/α,β-unsaturated/α-hetero) is 1. The quantitative estimate of drug-likeness (QED) is 0.793. The van der Waals surface area contributed by atoms with Crippen molar-refractivity contribution in [3.05, 3.63) is 38.8 Å². The van der Waals surface area contributed by atoms with Crippen molar-refractivity contribution in [2.24, 2.45) is 7.05 Å². The maximum absolute atomic E-state index is 12.0. The van der Waals surface area contributed by atoms with Gasteiger partial charge in [0, 0.05) is 18.3 Å². The minimum absolute atomic E-state index is 0.147. The zero-order chi connectivity index (χ0) is 12.3. The number of ketones is 1. The number of rotatable bonds is 5. The summed E-state index contributed by atoms with van der Waals surface area (Å²) in [7, 11) is 1.79. The van der Waals surface area contributed by atoms with E-state index in [4.69, 9.17) is 0 Å². The van der Waals surface area contributed by atoms with E-state index in [2.05, 4.69) is 32.5 Å². The van der Waals surface area contributed by atoms with E-state index < -0.39 is 0 Å². The second-order valence-electron chi connectivity index (χ2n) is 3.82. The molecule has 0 spiro atoms. The highest BCUT2D eigenvalue weighted by molar-refractivity contribution is 9.10. The first-order valence-corrected chi connectivity index (χ1v) is 7.09. The number of halogens is 1. The first kappa shape index (κ1) is 12.5. The third-order valence-corrected chi connectivity index (χ3v) is 4.08. The van der Waals surface area contributed by atoms with Gasteiger partial charge < -0.3 is 0 Å². The number of thiophene rings is 1. The Kier molecular flexibility index (Phi) is 4.12. The Morgan fingerprint density at radius 1 is 1.59 bits per heavy atom. The zero-order valence-corrected chi connectivity index (χ0v) is 11.9. The molecule has 2 rings (SSSR count). The first-order valence-electron chi connectivity index (χ1n) is 5.41. The monoisotopic (exact) mass is 312 g/mol. The molecule has 0 amide bonds. The van der Waals surface area contributed by atoms with E-state index in [0.717, 1.165) is 17.3 Å². The van der Waals surface area contributed by atoms with Gasteiger partial charge in [0.15, 0.2) is 5.78 Å². The van der Waals surface area contributed by atoms with E-state index in [1.165, 1.54) is 4.88 Å². The number of hydrogen-bond acceptors (Lipinski definition) is 3. The van der Waals surface area contributed by atoms with Crippen molar-refractivity contribution in [1.82, 2.24) is 9.78 Å². The number of aromatic nitrogens is 2. The molecule has 0 radical (unpaired) electrons. The Bertz CT molecular complexity index is 485. The molecule has 0 unspecified atom stereocenters. The fourth-order valence-electron chi connectivity index (χ4n) is 1.72. The summed E-state index contributed by atoms with van der Waals surface area (Å²) in [5.74, 6) is 0.147. The summed E-state index contributed by atoms with van der Waals surface area (Å²) in [6.07, 6.45) is 4.08. The van der Waals surface area contributed by atoms with Gasteiger partial charge in [-0.15, -0.1) is 11.3 Å². The van der Waals surface area contributed by atoms with Gasteiger partial charge in [0.2, 0.25) is 0 Å². The van der Waals surface area contributed by atoms with E-state index in [1.54, 1.807) is 29.3 Å². The lowest BCUT2D eigenvalue weighted by Crippen LogP contribution is -2.07.